The smallest absolute Gasteiger partial charge is 0.358 e. The molecule has 6 heteroatoms. The maximum absolute atomic E-state index is 11.2. The Morgan fingerprint density at radius 3 is 2.89 bits per heavy atom. The van der Waals surface area contributed by atoms with E-state index >= 15 is 0 Å². The quantitative estimate of drug-likeness (QED) is 0.892. The molecule has 0 amide bonds. The topological polar surface area (TPSA) is 80.9 Å². The minimum absolute atomic E-state index is 0.0386. The first-order valence-electron chi connectivity index (χ1n) is 5.74. The minimum Gasteiger partial charge on any atom is -0.476 e. The summed E-state index contributed by atoms with van der Waals surface area (Å²) in [4.78, 5) is 15.2. The number of nitrogens with zero attached hydrogens (tertiary/aromatic N) is 4. The lowest BCUT2D eigenvalue weighted by Crippen LogP contribution is -2.09. The molecule has 1 atom stereocenters. The average molecular weight is 246 g/mol. The number of aromatic carboxylic acids is 1. The number of carbonyl (C=O) groups is 1. The van der Waals surface area contributed by atoms with Crippen LogP contribution in [0.3, 0.4) is 0 Å². The van der Waals surface area contributed by atoms with Gasteiger partial charge >= 0.3 is 5.97 Å². The van der Waals surface area contributed by atoms with E-state index < -0.39 is 5.97 Å². The van der Waals surface area contributed by atoms with E-state index in [-0.39, 0.29) is 11.7 Å². The van der Waals surface area contributed by atoms with Crippen LogP contribution < -0.4 is 0 Å². The van der Waals surface area contributed by atoms with Gasteiger partial charge in [0.15, 0.2) is 5.69 Å². The molecule has 0 radical (unpaired) electrons. The predicted octanol–water partition coefficient (Wildman–Crippen LogP) is 2.01. The van der Waals surface area contributed by atoms with Gasteiger partial charge in [-0.05, 0) is 25.5 Å². The van der Waals surface area contributed by atoms with Crippen molar-refractivity contribution in [2.24, 2.45) is 0 Å². The maximum Gasteiger partial charge on any atom is 0.358 e. The number of rotatable bonds is 4. The Morgan fingerprint density at radius 2 is 2.33 bits per heavy atom. The van der Waals surface area contributed by atoms with Crippen LogP contribution >= 0.6 is 0 Å². The molecule has 0 spiro atoms. The highest BCUT2D eigenvalue weighted by Gasteiger charge is 2.22. The lowest BCUT2D eigenvalue weighted by atomic mass is 10.1. The molecule has 0 aliphatic heterocycles. The van der Waals surface area contributed by atoms with Crippen LogP contribution in [0.2, 0.25) is 0 Å². The fourth-order valence-electron chi connectivity index (χ4n) is 1.69. The molecule has 18 heavy (non-hydrogen) atoms. The summed E-state index contributed by atoms with van der Waals surface area (Å²) >= 11 is 0. The van der Waals surface area contributed by atoms with Gasteiger partial charge in [-0.2, -0.15) is 0 Å². The first-order valence-corrected chi connectivity index (χ1v) is 5.74. The summed E-state index contributed by atoms with van der Waals surface area (Å²) < 4.78 is 1.64. The number of hydrogen-bond acceptors (Lipinski definition) is 4. The lowest BCUT2D eigenvalue weighted by molar-refractivity contribution is 0.0691. The van der Waals surface area contributed by atoms with E-state index in [9.17, 15) is 4.79 Å². The van der Waals surface area contributed by atoms with Crippen LogP contribution in [0.25, 0.3) is 11.3 Å². The standard InChI is InChI=1S/C12H14N4O2/c1-3-8(2)16-11(9-5-4-6-13-7-9)10(12(17)18)14-15-16/h4-8H,3H2,1-2H3,(H,17,18). The molecule has 1 unspecified atom stereocenters. The Morgan fingerprint density at radius 1 is 1.56 bits per heavy atom. The first-order chi connectivity index (χ1) is 8.65. The third-order valence-electron chi connectivity index (χ3n) is 2.84. The van der Waals surface area contributed by atoms with Crippen molar-refractivity contribution in [1.82, 2.24) is 20.0 Å². The molecule has 0 aromatic carbocycles. The molecule has 1 N–H and O–H groups in total. The third-order valence-corrected chi connectivity index (χ3v) is 2.84. The van der Waals surface area contributed by atoms with E-state index in [0.717, 1.165) is 6.42 Å². The highest BCUT2D eigenvalue weighted by molar-refractivity contribution is 5.92. The molecule has 0 bridgehead atoms. The van der Waals surface area contributed by atoms with Crippen molar-refractivity contribution in [2.75, 3.05) is 0 Å². The molecule has 94 valence electrons. The molecule has 2 aromatic heterocycles. The third kappa shape index (κ3) is 2.09. The van der Waals surface area contributed by atoms with E-state index in [2.05, 4.69) is 15.3 Å². The second-order valence-corrected chi connectivity index (χ2v) is 4.04. The summed E-state index contributed by atoms with van der Waals surface area (Å²) in [6.45, 7) is 3.99. The zero-order valence-electron chi connectivity index (χ0n) is 10.2. The van der Waals surface area contributed by atoms with Crippen molar-refractivity contribution in [3.8, 4) is 11.3 Å². The zero-order chi connectivity index (χ0) is 13.1. The van der Waals surface area contributed by atoms with Gasteiger partial charge in [-0.1, -0.05) is 12.1 Å². The number of carboxylic acid groups (broad SMARTS) is 1. The minimum atomic E-state index is -1.08. The highest BCUT2D eigenvalue weighted by Crippen LogP contribution is 2.25. The highest BCUT2D eigenvalue weighted by atomic mass is 16.4. The summed E-state index contributed by atoms with van der Waals surface area (Å²) in [6, 6.07) is 3.65. The number of hydrogen-bond donors (Lipinski definition) is 1. The van der Waals surface area contributed by atoms with Gasteiger partial charge < -0.3 is 5.11 Å². The first kappa shape index (κ1) is 12.2. The van der Waals surface area contributed by atoms with Crippen LogP contribution in [0, 0.1) is 0 Å². The molecule has 0 aliphatic carbocycles. The predicted molar refractivity (Wildman–Crippen MR) is 65.2 cm³/mol. The molecule has 2 rings (SSSR count). The summed E-state index contributed by atoms with van der Waals surface area (Å²) in [7, 11) is 0. The SMILES string of the molecule is CCC(C)n1nnc(C(=O)O)c1-c1cccnc1. The van der Waals surface area contributed by atoms with Crippen LogP contribution in [-0.4, -0.2) is 31.1 Å². The van der Waals surface area contributed by atoms with Gasteiger partial charge in [0, 0.05) is 18.0 Å². The second kappa shape index (κ2) is 4.95. The second-order valence-electron chi connectivity index (χ2n) is 4.04. The van der Waals surface area contributed by atoms with Crippen LogP contribution in [-0.2, 0) is 0 Å². The molecule has 0 fully saturated rings. The summed E-state index contributed by atoms with van der Waals surface area (Å²) in [5, 5.41) is 16.8. The van der Waals surface area contributed by atoms with E-state index in [1.54, 1.807) is 29.2 Å². The number of aromatic nitrogens is 4. The van der Waals surface area contributed by atoms with Crippen LogP contribution in [0.1, 0.15) is 36.8 Å². The van der Waals surface area contributed by atoms with E-state index in [0.29, 0.717) is 11.3 Å². The average Bonchev–Trinajstić information content (AvgIpc) is 2.83. The van der Waals surface area contributed by atoms with Gasteiger partial charge in [0.2, 0.25) is 0 Å². The largest absolute Gasteiger partial charge is 0.476 e. The van der Waals surface area contributed by atoms with Gasteiger partial charge in [0.25, 0.3) is 0 Å². The van der Waals surface area contributed by atoms with Crippen molar-refractivity contribution in [3.05, 3.63) is 30.2 Å². The molecule has 0 aliphatic rings. The Kier molecular flexibility index (Phi) is 3.36. The number of carboxylic acids is 1. The van der Waals surface area contributed by atoms with Crippen LogP contribution in [0.5, 0.6) is 0 Å². The normalized spacial score (nSPS) is 12.3. The Balaban J connectivity index is 2.61. The molecule has 0 saturated heterocycles. The fraction of sp³-hybridized carbons (Fsp3) is 0.333. The van der Waals surface area contributed by atoms with Gasteiger partial charge in [-0.15, -0.1) is 5.10 Å². The van der Waals surface area contributed by atoms with Gasteiger partial charge in [-0.3, -0.25) is 4.98 Å². The van der Waals surface area contributed by atoms with Crippen molar-refractivity contribution in [2.45, 2.75) is 26.3 Å². The fourth-order valence-corrected chi connectivity index (χ4v) is 1.69. The summed E-state index contributed by atoms with van der Waals surface area (Å²) in [6.07, 6.45) is 4.10. The zero-order valence-corrected chi connectivity index (χ0v) is 10.2. The summed E-state index contributed by atoms with van der Waals surface area (Å²) in [5.74, 6) is -1.08. The molecule has 2 heterocycles. The van der Waals surface area contributed by atoms with Gasteiger partial charge in [0.05, 0.1) is 6.04 Å². The van der Waals surface area contributed by atoms with Crippen LogP contribution in [0.15, 0.2) is 24.5 Å². The van der Waals surface area contributed by atoms with Crippen molar-refractivity contribution in [1.29, 1.82) is 0 Å². The number of pyridine rings is 1. The monoisotopic (exact) mass is 246 g/mol. The molecular formula is C12H14N4O2. The van der Waals surface area contributed by atoms with Gasteiger partial charge in [-0.25, -0.2) is 9.48 Å². The van der Waals surface area contributed by atoms with E-state index in [1.165, 1.54) is 0 Å². The van der Waals surface area contributed by atoms with Crippen molar-refractivity contribution in [3.63, 3.8) is 0 Å². The Hall–Kier alpha value is -2.24. The van der Waals surface area contributed by atoms with Crippen molar-refractivity contribution >= 4 is 5.97 Å². The molecular weight excluding hydrogens is 232 g/mol. The summed E-state index contributed by atoms with van der Waals surface area (Å²) in [5.41, 5.74) is 1.17. The van der Waals surface area contributed by atoms with Crippen molar-refractivity contribution < 1.29 is 9.90 Å². The van der Waals surface area contributed by atoms with E-state index in [4.69, 9.17) is 5.11 Å². The molecule has 2 aromatic rings. The van der Waals surface area contributed by atoms with E-state index in [1.807, 2.05) is 13.8 Å². The van der Waals surface area contributed by atoms with Crippen LogP contribution in [0.4, 0.5) is 0 Å². The Labute approximate surface area is 104 Å². The van der Waals surface area contributed by atoms with Gasteiger partial charge in [0.1, 0.15) is 5.69 Å². The molecule has 6 nitrogen and oxygen atoms in total. The maximum atomic E-state index is 11.2. The lowest BCUT2D eigenvalue weighted by Gasteiger charge is -2.12. The Bertz CT molecular complexity index is 550. The molecule has 0 saturated carbocycles.